The van der Waals surface area contributed by atoms with Gasteiger partial charge in [-0.3, -0.25) is 4.79 Å². The Morgan fingerprint density at radius 2 is 1.62 bits per heavy atom. The van der Waals surface area contributed by atoms with Crippen LogP contribution in [0.15, 0.2) is 59.1 Å². The molecule has 5 heteroatoms. The monoisotopic (exact) mass is 459 g/mol. The molecule has 0 bridgehead atoms. The summed E-state index contributed by atoms with van der Waals surface area (Å²) in [6.45, 7) is 4.04. The predicted molar refractivity (Wildman–Crippen MR) is 119 cm³/mol. The van der Waals surface area contributed by atoms with Crippen LogP contribution in [0.3, 0.4) is 0 Å². The molecule has 156 valence electrons. The molecule has 0 unspecified atom stereocenters. The number of ether oxygens (including phenoxy) is 1. The number of hydrogen-bond donors (Lipinski definition) is 1. The third-order valence-corrected chi connectivity index (χ3v) is 5.27. The van der Waals surface area contributed by atoms with E-state index in [1.165, 1.54) is 5.56 Å². The van der Waals surface area contributed by atoms with Crippen LogP contribution in [0, 0.1) is 5.92 Å². The smallest absolute Gasteiger partial charge is 0.329 e. The molecule has 0 fully saturated rings. The average Bonchev–Trinajstić information content (AvgIpc) is 2.72. The average molecular weight is 460 g/mol. The van der Waals surface area contributed by atoms with E-state index in [0.717, 1.165) is 35.7 Å². The highest BCUT2D eigenvalue weighted by Gasteiger charge is 2.25. The van der Waals surface area contributed by atoms with Crippen LogP contribution in [0.25, 0.3) is 0 Å². The van der Waals surface area contributed by atoms with E-state index in [2.05, 4.69) is 33.4 Å². The summed E-state index contributed by atoms with van der Waals surface area (Å²) in [6.07, 6.45) is 4.27. The second kappa shape index (κ2) is 12.4. The molecule has 0 aliphatic carbocycles. The summed E-state index contributed by atoms with van der Waals surface area (Å²) in [5.74, 6) is -0.504. The van der Waals surface area contributed by atoms with Gasteiger partial charge in [-0.15, -0.1) is 0 Å². The number of halogens is 1. The second-order valence-corrected chi connectivity index (χ2v) is 8.49. The van der Waals surface area contributed by atoms with Crippen LogP contribution in [0.2, 0.25) is 0 Å². The number of carbonyl (C=O) groups is 2. The zero-order chi connectivity index (χ0) is 21.1. The number of carbonyl (C=O) groups excluding carboxylic acids is 2. The van der Waals surface area contributed by atoms with Crippen molar-refractivity contribution in [1.82, 2.24) is 5.32 Å². The lowest BCUT2D eigenvalue weighted by Gasteiger charge is -2.21. The van der Waals surface area contributed by atoms with Crippen molar-refractivity contribution in [1.29, 1.82) is 0 Å². The Bertz CT molecular complexity index is 759. The fourth-order valence-corrected chi connectivity index (χ4v) is 3.27. The first kappa shape index (κ1) is 23.1. The number of unbranched alkanes of at least 4 members (excludes halogenated alkanes) is 2. The number of aryl methyl sites for hydroxylation is 1. The minimum atomic E-state index is -0.617. The van der Waals surface area contributed by atoms with Crippen LogP contribution in [0.5, 0.6) is 0 Å². The molecule has 0 spiro atoms. The Labute approximate surface area is 182 Å². The molecule has 0 aromatic heterocycles. The number of nitrogens with one attached hydrogen (secondary N) is 1. The highest BCUT2D eigenvalue weighted by Crippen LogP contribution is 2.14. The minimum absolute atomic E-state index is 0.0281. The van der Waals surface area contributed by atoms with Gasteiger partial charge in [-0.1, -0.05) is 78.7 Å². The first-order valence-corrected chi connectivity index (χ1v) is 11.0. The molecular formula is C24H30BrNO3. The molecule has 4 nitrogen and oxygen atoms in total. The van der Waals surface area contributed by atoms with Gasteiger partial charge in [0.2, 0.25) is 5.91 Å². The van der Waals surface area contributed by atoms with E-state index < -0.39 is 6.04 Å². The van der Waals surface area contributed by atoms with Gasteiger partial charge in [0.1, 0.15) is 12.6 Å². The van der Waals surface area contributed by atoms with Crippen molar-refractivity contribution in [2.24, 2.45) is 5.92 Å². The SMILES string of the molecule is CC(C)[C@H](NC(=O)CCCCCc1ccc(Br)cc1)C(=O)OCc1ccccc1. The maximum absolute atomic E-state index is 12.4. The van der Waals surface area contributed by atoms with Crippen LogP contribution < -0.4 is 5.32 Å². The summed E-state index contributed by atoms with van der Waals surface area (Å²) in [5, 5.41) is 2.85. The standard InChI is InChI=1S/C24H30BrNO3/c1-18(2)23(24(28)29-17-20-10-6-3-7-11-20)26-22(27)12-8-4-5-9-19-13-15-21(25)16-14-19/h3,6-7,10-11,13-16,18,23H,4-5,8-9,12,17H2,1-2H3,(H,26,27)/t23-/m0/s1. The predicted octanol–water partition coefficient (Wildman–Crippen LogP) is 5.44. The van der Waals surface area contributed by atoms with Crippen molar-refractivity contribution in [2.75, 3.05) is 0 Å². The number of amides is 1. The molecule has 0 aliphatic heterocycles. The van der Waals surface area contributed by atoms with E-state index in [9.17, 15) is 9.59 Å². The van der Waals surface area contributed by atoms with Gasteiger partial charge >= 0.3 is 5.97 Å². The molecule has 0 heterocycles. The van der Waals surface area contributed by atoms with E-state index in [0.29, 0.717) is 6.42 Å². The Morgan fingerprint density at radius 1 is 0.931 bits per heavy atom. The lowest BCUT2D eigenvalue weighted by Crippen LogP contribution is -2.45. The van der Waals surface area contributed by atoms with E-state index in [4.69, 9.17) is 4.74 Å². The van der Waals surface area contributed by atoms with Gasteiger partial charge in [-0.25, -0.2) is 4.79 Å². The summed E-state index contributed by atoms with van der Waals surface area (Å²) >= 11 is 3.44. The molecular weight excluding hydrogens is 430 g/mol. The molecule has 0 radical (unpaired) electrons. The maximum Gasteiger partial charge on any atom is 0.329 e. The van der Waals surface area contributed by atoms with Gasteiger partial charge in [-0.2, -0.15) is 0 Å². The highest BCUT2D eigenvalue weighted by molar-refractivity contribution is 9.10. The third kappa shape index (κ3) is 8.82. The van der Waals surface area contributed by atoms with Crippen molar-refractivity contribution < 1.29 is 14.3 Å². The first-order chi connectivity index (χ1) is 14.0. The number of rotatable bonds is 11. The molecule has 2 aromatic carbocycles. The van der Waals surface area contributed by atoms with Gasteiger partial charge in [0.25, 0.3) is 0 Å². The third-order valence-electron chi connectivity index (χ3n) is 4.74. The van der Waals surface area contributed by atoms with Crippen molar-refractivity contribution in [3.63, 3.8) is 0 Å². The fraction of sp³-hybridized carbons (Fsp3) is 0.417. The molecule has 2 aromatic rings. The van der Waals surface area contributed by atoms with Crippen LogP contribution in [0.1, 0.15) is 50.7 Å². The van der Waals surface area contributed by atoms with Crippen LogP contribution in [-0.4, -0.2) is 17.9 Å². The lowest BCUT2D eigenvalue weighted by molar-refractivity contribution is -0.150. The molecule has 29 heavy (non-hydrogen) atoms. The summed E-state index contributed by atoms with van der Waals surface area (Å²) < 4.78 is 6.48. The van der Waals surface area contributed by atoms with Gasteiger partial charge in [0.15, 0.2) is 0 Å². The van der Waals surface area contributed by atoms with Gasteiger partial charge in [0, 0.05) is 10.9 Å². The number of benzene rings is 2. The van der Waals surface area contributed by atoms with E-state index in [1.54, 1.807) is 0 Å². The normalized spacial score (nSPS) is 11.9. The van der Waals surface area contributed by atoms with E-state index in [-0.39, 0.29) is 24.4 Å². The number of hydrogen-bond acceptors (Lipinski definition) is 3. The van der Waals surface area contributed by atoms with Crippen molar-refractivity contribution in [3.8, 4) is 0 Å². The Morgan fingerprint density at radius 3 is 2.28 bits per heavy atom. The zero-order valence-corrected chi connectivity index (χ0v) is 18.8. The van der Waals surface area contributed by atoms with Crippen molar-refractivity contribution in [3.05, 3.63) is 70.2 Å². The topological polar surface area (TPSA) is 55.4 Å². The van der Waals surface area contributed by atoms with Crippen molar-refractivity contribution >= 4 is 27.8 Å². The molecule has 0 aliphatic rings. The summed E-state index contributed by atoms with van der Waals surface area (Å²) in [7, 11) is 0. The quantitative estimate of drug-likeness (QED) is 0.359. The lowest BCUT2D eigenvalue weighted by atomic mass is 10.0. The zero-order valence-electron chi connectivity index (χ0n) is 17.2. The Kier molecular flexibility index (Phi) is 9.92. The molecule has 1 N–H and O–H groups in total. The van der Waals surface area contributed by atoms with Crippen molar-refractivity contribution in [2.45, 2.75) is 58.6 Å². The second-order valence-electron chi connectivity index (χ2n) is 7.57. The number of esters is 1. The van der Waals surface area contributed by atoms with Gasteiger partial charge in [-0.05, 0) is 48.4 Å². The molecule has 2 rings (SSSR count). The molecule has 0 saturated carbocycles. The van der Waals surface area contributed by atoms with Crippen LogP contribution >= 0.6 is 15.9 Å². The summed E-state index contributed by atoms with van der Waals surface area (Å²) in [4.78, 5) is 24.7. The largest absolute Gasteiger partial charge is 0.459 e. The van der Waals surface area contributed by atoms with Crippen LogP contribution in [0.4, 0.5) is 0 Å². The van der Waals surface area contributed by atoms with E-state index >= 15 is 0 Å². The van der Waals surface area contributed by atoms with E-state index in [1.807, 2.05) is 56.3 Å². The minimum Gasteiger partial charge on any atom is -0.459 e. The van der Waals surface area contributed by atoms with Crippen LogP contribution in [-0.2, 0) is 27.4 Å². The Hall–Kier alpha value is -2.14. The van der Waals surface area contributed by atoms with Gasteiger partial charge < -0.3 is 10.1 Å². The fourth-order valence-electron chi connectivity index (χ4n) is 3.00. The maximum atomic E-state index is 12.4. The Balaban J connectivity index is 1.68. The first-order valence-electron chi connectivity index (χ1n) is 10.2. The molecule has 1 atom stereocenters. The summed E-state index contributed by atoms with van der Waals surface area (Å²) in [6, 6.07) is 17.3. The van der Waals surface area contributed by atoms with Gasteiger partial charge in [0.05, 0.1) is 0 Å². The summed E-state index contributed by atoms with van der Waals surface area (Å²) in [5.41, 5.74) is 2.24. The molecule has 0 saturated heterocycles. The molecule has 1 amide bonds. The highest BCUT2D eigenvalue weighted by atomic mass is 79.9.